The predicted molar refractivity (Wildman–Crippen MR) is 91.3 cm³/mol. The second kappa shape index (κ2) is 6.80. The lowest BCUT2D eigenvalue weighted by molar-refractivity contribution is -0.113. The molecule has 1 N–H and O–H groups in total. The van der Waals surface area contributed by atoms with Crippen LogP contribution >= 0.6 is 11.8 Å². The Bertz CT molecular complexity index is 698. The Morgan fingerprint density at radius 1 is 1.22 bits per heavy atom. The Balaban J connectivity index is 1.78. The second-order valence-electron chi connectivity index (χ2n) is 5.74. The summed E-state index contributed by atoms with van der Waals surface area (Å²) in [5.74, 6) is 0.281. The van der Waals surface area contributed by atoms with E-state index in [0.717, 1.165) is 31.0 Å². The molecule has 0 saturated carbocycles. The van der Waals surface area contributed by atoms with Gasteiger partial charge in [0.1, 0.15) is 0 Å². The molecule has 0 spiro atoms. The summed E-state index contributed by atoms with van der Waals surface area (Å²) < 4.78 is 27.2. The van der Waals surface area contributed by atoms with Crippen molar-refractivity contribution in [1.29, 1.82) is 0 Å². The summed E-state index contributed by atoms with van der Waals surface area (Å²) in [6.07, 6.45) is 1.08. The van der Waals surface area contributed by atoms with E-state index in [4.69, 9.17) is 0 Å². The van der Waals surface area contributed by atoms with E-state index in [1.54, 1.807) is 22.5 Å². The molecule has 0 bridgehead atoms. The molecule has 126 valence electrons. The first-order valence-electron chi connectivity index (χ1n) is 7.80. The van der Waals surface area contributed by atoms with Crippen LogP contribution in [0.3, 0.4) is 0 Å². The molecule has 2 heterocycles. The topological polar surface area (TPSA) is 69.7 Å². The van der Waals surface area contributed by atoms with Crippen LogP contribution in [0, 0.1) is 0 Å². The van der Waals surface area contributed by atoms with E-state index in [0.29, 0.717) is 24.5 Å². The van der Waals surface area contributed by atoms with Gasteiger partial charge in [-0.15, -0.1) is 11.8 Å². The summed E-state index contributed by atoms with van der Waals surface area (Å²) >= 11 is 1.43. The van der Waals surface area contributed by atoms with E-state index in [9.17, 15) is 13.2 Å². The highest BCUT2D eigenvalue weighted by Crippen LogP contribution is 2.33. The van der Waals surface area contributed by atoms with Crippen LogP contribution in [0.15, 0.2) is 28.0 Å². The van der Waals surface area contributed by atoms with E-state index in [1.165, 1.54) is 11.8 Å². The first-order valence-corrected chi connectivity index (χ1v) is 10.2. The minimum Gasteiger partial charge on any atom is -0.324 e. The Morgan fingerprint density at radius 2 is 1.96 bits per heavy atom. The molecule has 6 nitrogen and oxygen atoms in total. The van der Waals surface area contributed by atoms with Crippen molar-refractivity contribution in [3.8, 4) is 0 Å². The summed E-state index contributed by atoms with van der Waals surface area (Å²) in [6.45, 7) is 5.70. The van der Waals surface area contributed by atoms with Gasteiger partial charge >= 0.3 is 0 Å². The van der Waals surface area contributed by atoms with Crippen molar-refractivity contribution in [2.45, 2.75) is 23.1 Å². The van der Waals surface area contributed by atoms with Crippen LogP contribution in [-0.4, -0.2) is 62.0 Å². The van der Waals surface area contributed by atoms with Crippen LogP contribution < -0.4 is 5.32 Å². The molecule has 1 amide bonds. The number of hydrogen-bond donors (Lipinski definition) is 1. The molecule has 0 radical (unpaired) electrons. The maximum atomic E-state index is 12.8. The molecule has 0 atom stereocenters. The zero-order valence-electron chi connectivity index (χ0n) is 13.1. The Labute approximate surface area is 141 Å². The number of sulfonamides is 1. The van der Waals surface area contributed by atoms with Crippen molar-refractivity contribution < 1.29 is 13.2 Å². The lowest BCUT2D eigenvalue weighted by Gasteiger charge is -2.33. The van der Waals surface area contributed by atoms with Crippen molar-refractivity contribution in [2.75, 3.05) is 43.8 Å². The van der Waals surface area contributed by atoms with Gasteiger partial charge < -0.3 is 10.2 Å². The molecule has 1 aromatic rings. The highest BCUT2D eigenvalue weighted by atomic mass is 32.2. The van der Waals surface area contributed by atoms with Crippen LogP contribution in [0.25, 0.3) is 0 Å². The third-order valence-electron chi connectivity index (χ3n) is 4.09. The molecule has 2 aliphatic rings. The molecule has 1 aromatic carbocycles. The number of nitrogens with one attached hydrogen (secondary N) is 1. The molecule has 1 fully saturated rings. The molecular weight excluding hydrogens is 334 g/mol. The summed E-state index contributed by atoms with van der Waals surface area (Å²) in [5, 5.41) is 2.75. The van der Waals surface area contributed by atoms with Gasteiger partial charge in [-0.1, -0.05) is 6.92 Å². The summed E-state index contributed by atoms with van der Waals surface area (Å²) in [7, 11) is -3.51. The fraction of sp³-hybridized carbons (Fsp3) is 0.533. The Hall–Kier alpha value is -1.09. The molecule has 0 unspecified atom stereocenters. The van der Waals surface area contributed by atoms with Gasteiger partial charge in [-0.3, -0.25) is 4.79 Å². The van der Waals surface area contributed by atoms with Crippen LogP contribution in [0.4, 0.5) is 5.69 Å². The monoisotopic (exact) mass is 355 g/mol. The summed E-state index contributed by atoms with van der Waals surface area (Å²) in [5.41, 5.74) is 0.594. The standard InChI is InChI=1S/C15H21N3O3S2/c1-2-5-17-6-8-18(9-7-17)23(20,21)12-3-4-14-13(10-12)16-15(19)11-22-14/h3-4,10H,2,5-9,11H2,1H3,(H,16,19). The number of benzene rings is 1. The zero-order valence-corrected chi connectivity index (χ0v) is 14.8. The van der Waals surface area contributed by atoms with Crippen molar-refractivity contribution in [3.63, 3.8) is 0 Å². The molecule has 8 heteroatoms. The van der Waals surface area contributed by atoms with Gasteiger partial charge in [0.2, 0.25) is 15.9 Å². The Morgan fingerprint density at radius 3 is 2.65 bits per heavy atom. The number of piperazine rings is 1. The normalized spacial score (nSPS) is 20.1. The van der Waals surface area contributed by atoms with E-state index in [2.05, 4.69) is 17.1 Å². The molecule has 1 saturated heterocycles. The van der Waals surface area contributed by atoms with Gasteiger partial charge in [0, 0.05) is 31.1 Å². The first kappa shape index (κ1) is 16.8. The molecule has 0 aromatic heterocycles. The Kier molecular flexibility index (Phi) is 4.96. The quantitative estimate of drug-likeness (QED) is 0.885. The van der Waals surface area contributed by atoms with Gasteiger partial charge in [0.05, 0.1) is 16.3 Å². The van der Waals surface area contributed by atoms with Crippen molar-refractivity contribution in [2.24, 2.45) is 0 Å². The third kappa shape index (κ3) is 3.55. The highest BCUT2D eigenvalue weighted by molar-refractivity contribution is 8.00. The summed E-state index contributed by atoms with van der Waals surface area (Å²) in [4.78, 5) is 14.9. The van der Waals surface area contributed by atoms with Crippen LogP contribution in [0.2, 0.25) is 0 Å². The first-order chi connectivity index (χ1) is 11.0. The van der Waals surface area contributed by atoms with E-state index < -0.39 is 10.0 Å². The molecule has 3 rings (SSSR count). The van der Waals surface area contributed by atoms with E-state index in [-0.39, 0.29) is 10.8 Å². The maximum absolute atomic E-state index is 12.8. The molecular formula is C15H21N3O3S2. The number of nitrogens with zero attached hydrogens (tertiary/aromatic N) is 2. The van der Waals surface area contributed by atoms with Crippen LogP contribution in [0.1, 0.15) is 13.3 Å². The van der Waals surface area contributed by atoms with E-state index in [1.807, 2.05) is 0 Å². The van der Waals surface area contributed by atoms with Gasteiger partial charge in [0.25, 0.3) is 0 Å². The van der Waals surface area contributed by atoms with Crippen molar-refractivity contribution >= 4 is 33.4 Å². The molecule has 23 heavy (non-hydrogen) atoms. The van der Waals surface area contributed by atoms with Gasteiger partial charge in [-0.05, 0) is 31.2 Å². The number of fused-ring (bicyclic) bond motifs is 1. The third-order valence-corrected chi connectivity index (χ3v) is 7.06. The number of amides is 1. The second-order valence-corrected chi connectivity index (χ2v) is 8.70. The lowest BCUT2D eigenvalue weighted by atomic mass is 10.3. The van der Waals surface area contributed by atoms with Crippen molar-refractivity contribution in [1.82, 2.24) is 9.21 Å². The lowest BCUT2D eigenvalue weighted by Crippen LogP contribution is -2.48. The SMILES string of the molecule is CCCN1CCN(S(=O)(=O)c2ccc3c(c2)NC(=O)CS3)CC1. The highest BCUT2D eigenvalue weighted by Gasteiger charge is 2.29. The fourth-order valence-electron chi connectivity index (χ4n) is 2.88. The maximum Gasteiger partial charge on any atom is 0.243 e. The molecule has 0 aliphatic carbocycles. The number of rotatable bonds is 4. The smallest absolute Gasteiger partial charge is 0.243 e. The summed E-state index contributed by atoms with van der Waals surface area (Å²) in [6, 6.07) is 4.99. The van der Waals surface area contributed by atoms with Gasteiger partial charge in [-0.25, -0.2) is 8.42 Å². The number of carbonyl (C=O) groups excluding carboxylic acids is 1. The largest absolute Gasteiger partial charge is 0.324 e. The number of carbonyl (C=O) groups is 1. The minimum atomic E-state index is -3.51. The average Bonchev–Trinajstić information content (AvgIpc) is 2.55. The number of anilines is 1. The van der Waals surface area contributed by atoms with Crippen LogP contribution in [-0.2, 0) is 14.8 Å². The van der Waals surface area contributed by atoms with Gasteiger partial charge in [-0.2, -0.15) is 4.31 Å². The number of thioether (sulfide) groups is 1. The predicted octanol–water partition coefficient (Wildman–Crippen LogP) is 1.45. The zero-order chi connectivity index (χ0) is 16.4. The fourth-order valence-corrected chi connectivity index (χ4v) is 5.12. The minimum absolute atomic E-state index is 0.0924. The van der Waals surface area contributed by atoms with Gasteiger partial charge in [0.15, 0.2) is 0 Å². The average molecular weight is 355 g/mol. The number of hydrogen-bond acceptors (Lipinski definition) is 5. The van der Waals surface area contributed by atoms with Crippen LogP contribution in [0.5, 0.6) is 0 Å². The molecule has 2 aliphatic heterocycles. The van der Waals surface area contributed by atoms with Crippen molar-refractivity contribution in [3.05, 3.63) is 18.2 Å². The van der Waals surface area contributed by atoms with E-state index >= 15 is 0 Å².